The Bertz CT molecular complexity index is 497. The topological polar surface area (TPSA) is 57.6 Å². The van der Waals surface area contributed by atoms with E-state index in [1.54, 1.807) is 13.0 Å². The zero-order valence-corrected chi connectivity index (χ0v) is 11.8. The molecule has 16 heavy (non-hydrogen) atoms. The molecule has 0 saturated carbocycles. The molecule has 0 radical (unpaired) electrons. The summed E-state index contributed by atoms with van der Waals surface area (Å²) in [4.78, 5) is 0.218. The minimum atomic E-state index is -3.47. The lowest BCUT2D eigenvalue weighted by molar-refractivity contribution is 0.281. The fraction of sp³-hybridized carbons (Fsp3) is 0.400. The number of aliphatic hydroxyl groups excluding tert-OH is 1. The molecule has 0 aromatic heterocycles. The van der Waals surface area contributed by atoms with Crippen LogP contribution in [0, 0.1) is 6.92 Å². The summed E-state index contributed by atoms with van der Waals surface area (Å²) < 4.78 is 25.8. The molecule has 90 valence electrons. The zero-order valence-electron chi connectivity index (χ0n) is 9.36. The largest absolute Gasteiger partial charge is 0.392 e. The number of nitrogens with zero attached hydrogens (tertiary/aromatic N) is 1. The standard InChI is InChI=1S/C10H14BrNO3S/c1-7-9(11)4-8(6-13)5-10(7)16(14,15)12(2)3/h4-5,13H,6H2,1-3H3. The van der Waals surface area contributed by atoms with Gasteiger partial charge < -0.3 is 5.11 Å². The molecule has 0 aliphatic carbocycles. The third-order valence-corrected chi connectivity index (χ3v) is 5.06. The van der Waals surface area contributed by atoms with Gasteiger partial charge in [0.25, 0.3) is 0 Å². The van der Waals surface area contributed by atoms with Crippen LogP contribution in [0.25, 0.3) is 0 Å². The van der Waals surface area contributed by atoms with E-state index in [2.05, 4.69) is 15.9 Å². The molecule has 0 atom stereocenters. The van der Waals surface area contributed by atoms with Crippen molar-refractivity contribution in [2.75, 3.05) is 14.1 Å². The third-order valence-electron chi connectivity index (χ3n) is 2.30. The van der Waals surface area contributed by atoms with E-state index >= 15 is 0 Å². The van der Waals surface area contributed by atoms with Crippen molar-refractivity contribution in [2.24, 2.45) is 0 Å². The predicted octanol–water partition coefficient (Wildman–Crippen LogP) is 1.50. The smallest absolute Gasteiger partial charge is 0.242 e. The number of benzene rings is 1. The first-order valence-corrected chi connectivity index (χ1v) is 6.86. The Hall–Kier alpha value is -0.430. The van der Waals surface area contributed by atoms with Gasteiger partial charge in [-0.15, -0.1) is 0 Å². The fourth-order valence-corrected chi connectivity index (χ4v) is 3.09. The minimum absolute atomic E-state index is 0.186. The molecule has 6 heteroatoms. The Balaban J connectivity index is 3.51. The maximum Gasteiger partial charge on any atom is 0.242 e. The molecule has 0 heterocycles. The van der Waals surface area contributed by atoms with Crippen molar-refractivity contribution < 1.29 is 13.5 Å². The van der Waals surface area contributed by atoms with E-state index in [1.807, 2.05) is 0 Å². The molecule has 0 aliphatic rings. The number of hydrogen-bond acceptors (Lipinski definition) is 3. The van der Waals surface area contributed by atoms with E-state index in [1.165, 1.54) is 20.2 Å². The number of aliphatic hydroxyl groups is 1. The van der Waals surface area contributed by atoms with Gasteiger partial charge in [-0.2, -0.15) is 0 Å². The molecule has 0 saturated heterocycles. The Kier molecular flexibility index (Phi) is 4.12. The van der Waals surface area contributed by atoms with Gasteiger partial charge >= 0.3 is 0 Å². The summed E-state index contributed by atoms with van der Waals surface area (Å²) in [5.74, 6) is 0. The maximum atomic E-state index is 12.0. The van der Waals surface area contributed by atoms with Crippen LogP contribution in [0.3, 0.4) is 0 Å². The molecular formula is C10H14BrNO3S. The monoisotopic (exact) mass is 307 g/mol. The summed E-state index contributed by atoms with van der Waals surface area (Å²) in [7, 11) is -0.510. The second-order valence-corrected chi connectivity index (χ2v) is 6.62. The van der Waals surface area contributed by atoms with Gasteiger partial charge in [0, 0.05) is 18.6 Å². The highest BCUT2D eigenvalue weighted by Gasteiger charge is 2.21. The summed E-state index contributed by atoms with van der Waals surface area (Å²) >= 11 is 3.29. The lowest BCUT2D eigenvalue weighted by atomic mass is 10.2. The summed E-state index contributed by atoms with van der Waals surface area (Å²) in [5.41, 5.74) is 1.21. The summed E-state index contributed by atoms with van der Waals surface area (Å²) in [6, 6.07) is 3.21. The molecule has 0 bridgehead atoms. The molecule has 0 spiro atoms. The molecule has 0 aliphatic heterocycles. The lowest BCUT2D eigenvalue weighted by Gasteiger charge is -2.15. The molecule has 4 nitrogen and oxygen atoms in total. The van der Waals surface area contributed by atoms with Crippen LogP contribution in [0.15, 0.2) is 21.5 Å². The fourth-order valence-electron chi connectivity index (χ4n) is 1.26. The molecule has 0 amide bonds. The van der Waals surface area contributed by atoms with Crippen LogP contribution in [0.4, 0.5) is 0 Å². The van der Waals surface area contributed by atoms with Crippen molar-refractivity contribution in [1.82, 2.24) is 4.31 Å². The van der Waals surface area contributed by atoms with Crippen LogP contribution < -0.4 is 0 Å². The van der Waals surface area contributed by atoms with Crippen molar-refractivity contribution in [3.05, 3.63) is 27.7 Å². The molecule has 0 fully saturated rings. The average molecular weight is 308 g/mol. The van der Waals surface area contributed by atoms with Crippen molar-refractivity contribution in [2.45, 2.75) is 18.4 Å². The van der Waals surface area contributed by atoms with E-state index in [9.17, 15) is 8.42 Å². The molecular weight excluding hydrogens is 294 g/mol. The normalized spacial score (nSPS) is 12.1. The highest BCUT2D eigenvalue weighted by Crippen LogP contribution is 2.27. The van der Waals surface area contributed by atoms with Crippen LogP contribution in [0.2, 0.25) is 0 Å². The summed E-state index contributed by atoms with van der Waals surface area (Å²) in [6.07, 6.45) is 0. The quantitative estimate of drug-likeness (QED) is 0.920. The van der Waals surface area contributed by atoms with Gasteiger partial charge in [0.15, 0.2) is 0 Å². The number of hydrogen-bond donors (Lipinski definition) is 1. The van der Waals surface area contributed by atoms with Crippen LogP contribution >= 0.6 is 15.9 Å². The molecule has 1 rings (SSSR count). The number of halogens is 1. The van der Waals surface area contributed by atoms with Crippen LogP contribution in [0.1, 0.15) is 11.1 Å². The highest BCUT2D eigenvalue weighted by molar-refractivity contribution is 9.10. The van der Waals surface area contributed by atoms with Crippen LogP contribution in [-0.4, -0.2) is 31.9 Å². The van der Waals surface area contributed by atoms with Crippen LogP contribution in [0.5, 0.6) is 0 Å². The highest BCUT2D eigenvalue weighted by atomic mass is 79.9. The van der Waals surface area contributed by atoms with Crippen molar-refractivity contribution in [3.63, 3.8) is 0 Å². The maximum absolute atomic E-state index is 12.0. The minimum Gasteiger partial charge on any atom is -0.392 e. The molecule has 1 aromatic rings. The number of rotatable bonds is 3. The average Bonchev–Trinajstić information content (AvgIpc) is 2.21. The van der Waals surface area contributed by atoms with Gasteiger partial charge in [0.05, 0.1) is 11.5 Å². The predicted molar refractivity (Wildman–Crippen MR) is 65.7 cm³/mol. The van der Waals surface area contributed by atoms with Crippen molar-refractivity contribution in [3.8, 4) is 0 Å². The number of sulfonamides is 1. The van der Waals surface area contributed by atoms with E-state index in [-0.39, 0.29) is 11.5 Å². The van der Waals surface area contributed by atoms with Gasteiger partial charge in [-0.3, -0.25) is 0 Å². The van der Waals surface area contributed by atoms with Crippen molar-refractivity contribution >= 4 is 26.0 Å². The first-order valence-electron chi connectivity index (χ1n) is 4.63. The second kappa shape index (κ2) is 4.83. The summed E-state index contributed by atoms with van der Waals surface area (Å²) in [5, 5.41) is 9.05. The summed E-state index contributed by atoms with van der Waals surface area (Å²) in [6.45, 7) is 1.54. The Morgan fingerprint density at radius 2 is 1.94 bits per heavy atom. The Morgan fingerprint density at radius 1 is 1.38 bits per heavy atom. The Labute approximate surface area is 104 Å². The van der Waals surface area contributed by atoms with Crippen molar-refractivity contribution in [1.29, 1.82) is 0 Å². The van der Waals surface area contributed by atoms with E-state index in [0.717, 1.165) is 4.31 Å². The van der Waals surface area contributed by atoms with Gasteiger partial charge in [0.1, 0.15) is 0 Å². The van der Waals surface area contributed by atoms with E-state index < -0.39 is 10.0 Å². The van der Waals surface area contributed by atoms with Gasteiger partial charge in [-0.05, 0) is 30.2 Å². The Morgan fingerprint density at radius 3 is 2.38 bits per heavy atom. The van der Waals surface area contributed by atoms with E-state index in [0.29, 0.717) is 15.6 Å². The molecule has 1 aromatic carbocycles. The van der Waals surface area contributed by atoms with Gasteiger partial charge in [-0.25, -0.2) is 12.7 Å². The van der Waals surface area contributed by atoms with Gasteiger partial charge in [0.2, 0.25) is 10.0 Å². The lowest BCUT2D eigenvalue weighted by Crippen LogP contribution is -2.23. The second-order valence-electron chi connectivity index (χ2n) is 3.65. The molecule has 1 N–H and O–H groups in total. The van der Waals surface area contributed by atoms with E-state index in [4.69, 9.17) is 5.11 Å². The third kappa shape index (κ3) is 2.45. The molecule has 0 unspecified atom stereocenters. The zero-order chi connectivity index (χ0) is 12.5. The van der Waals surface area contributed by atoms with Gasteiger partial charge in [-0.1, -0.05) is 15.9 Å². The first kappa shape index (κ1) is 13.6. The first-order chi connectivity index (χ1) is 7.30. The van der Waals surface area contributed by atoms with Crippen LogP contribution in [-0.2, 0) is 16.6 Å². The SMILES string of the molecule is Cc1c(Br)cc(CO)cc1S(=O)(=O)N(C)C.